The fourth-order valence-electron chi connectivity index (χ4n) is 2.51. The van der Waals surface area contributed by atoms with E-state index in [1.165, 1.54) is 23.5 Å². The summed E-state index contributed by atoms with van der Waals surface area (Å²) in [7, 11) is -2.41. The van der Waals surface area contributed by atoms with Crippen LogP contribution in [0.1, 0.15) is 16.1 Å². The molecule has 0 atom stereocenters. The SMILES string of the molecule is COC(=O)c1ccccc1OCc1ccc(S(=O)(=O)N2CCOCC2)o1. The molecule has 3 rings (SSSR count). The van der Waals surface area contributed by atoms with Crippen molar-refractivity contribution in [3.63, 3.8) is 0 Å². The van der Waals surface area contributed by atoms with Gasteiger partial charge in [-0.25, -0.2) is 13.2 Å². The van der Waals surface area contributed by atoms with Gasteiger partial charge in [-0.05, 0) is 24.3 Å². The summed E-state index contributed by atoms with van der Waals surface area (Å²) in [6.07, 6.45) is 0. The zero-order valence-corrected chi connectivity index (χ0v) is 15.0. The maximum absolute atomic E-state index is 12.5. The van der Waals surface area contributed by atoms with Gasteiger partial charge in [-0.3, -0.25) is 0 Å². The van der Waals surface area contributed by atoms with Crippen molar-refractivity contribution in [3.8, 4) is 5.75 Å². The molecule has 0 amide bonds. The molecule has 0 bridgehead atoms. The number of hydrogen-bond acceptors (Lipinski definition) is 7. The van der Waals surface area contributed by atoms with E-state index in [-0.39, 0.29) is 17.3 Å². The molecule has 1 saturated heterocycles. The van der Waals surface area contributed by atoms with Crippen molar-refractivity contribution >= 4 is 16.0 Å². The molecule has 9 heteroatoms. The van der Waals surface area contributed by atoms with Crippen LogP contribution in [-0.2, 0) is 26.1 Å². The third kappa shape index (κ3) is 3.90. The highest BCUT2D eigenvalue weighted by Crippen LogP contribution is 2.23. The summed E-state index contributed by atoms with van der Waals surface area (Å²) in [5.41, 5.74) is 0.280. The fraction of sp³-hybridized carbons (Fsp3) is 0.353. The number of carbonyl (C=O) groups is 1. The first-order chi connectivity index (χ1) is 12.5. The Kier molecular flexibility index (Phi) is 5.60. The number of sulfonamides is 1. The summed E-state index contributed by atoms with van der Waals surface area (Å²) < 4.78 is 47.3. The molecule has 1 aliphatic heterocycles. The van der Waals surface area contributed by atoms with E-state index in [1.54, 1.807) is 24.3 Å². The van der Waals surface area contributed by atoms with Gasteiger partial charge in [0.05, 0.1) is 20.3 Å². The first kappa shape index (κ1) is 18.4. The maximum atomic E-state index is 12.5. The highest BCUT2D eigenvalue weighted by Gasteiger charge is 2.29. The number of hydrogen-bond donors (Lipinski definition) is 0. The molecule has 8 nitrogen and oxygen atoms in total. The van der Waals surface area contributed by atoms with Crippen LogP contribution in [0, 0.1) is 0 Å². The Labute approximate surface area is 151 Å². The Morgan fingerprint density at radius 3 is 2.62 bits per heavy atom. The second-order valence-corrected chi connectivity index (χ2v) is 7.38. The third-order valence-electron chi connectivity index (χ3n) is 3.86. The summed E-state index contributed by atoms with van der Waals surface area (Å²) in [5.74, 6) is 0.139. The lowest BCUT2D eigenvalue weighted by molar-refractivity contribution is 0.0595. The van der Waals surface area contributed by atoms with Gasteiger partial charge < -0.3 is 18.6 Å². The Balaban J connectivity index is 1.71. The minimum Gasteiger partial charge on any atom is -0.485 e. The van der Waals surface area contributed by atoms with Crippen LogP contribution in [-0.4, -0.2) is 52.1 Å². The van der Waals surface area contributed by atoms with Crippen molar-refractivity contribution in [2.24, 2.45) is 0 Å². The molecule has 0 unspecified atom stereocenters. The predicted molar refractivity (Wildman–Crippen MR) is 90.4 cm³/mol. The molecule has 140 valence electrons. The van der Waals surface area contributed by atoms with Crippen LogP contribution < -0.4 is 4.74 Å². The van der Waals surface area contributed by atoms with E-state index in [2.05, 4.69) is 0 Å². The number of morpholine rings is 1. The first-order valence-electron chi connectivity index (χ1n) is 7.99. The highest BCUT2D eigenvalue weighted by atomic mass is 32.2. The van der Waals surface area contributed by atoms with Gasteiger partial charge in [0, 0.05) is 13.1 Å². The van der Waals surface area contributed by atoms with Gasteiger partial charge in [0.25, 0.3) is 10.0 Å². The van der Waals surface area contributed by atoms with Crippen LogP contribution in [0.2, 0.25) is 0 Å². The van der Waals surface area contributed by atoms with Crippen LogP contribution in [0.4, 0.5) is 0 Å². The Bertz CT molecular complexity index is 869. The number of benzene rings is 1. The molecule has 2 heterocycles. The van der Waals surface area contributed by atoms with Crippen LogP contribution in [0.3, 0.4) is 0 Å². The zero-order valence-electron chi connectivity index (χ0n) is 14.2. The van der Waals surface area contributed by atoms with Gasteiger partial charge in [-0.1, -0.05) is 12.1 Å². The molecule has 1 aromatic heterocycles. The van der Waals surface area contributed by atoms with Crippen molar-refractivity contribution in [2.75, 3.05) is 33.4 Å². The lowest BCUT2D eigenvalue weighted by atomic mass is 10.2. The Morgan fingerprint density at radius 1 is 1.15 bits per heavy atom. The van der Waals surface area contributed by atoms with Crippen molar-refractivity contribution in [1.82, 2.24) is 4.31 Å². The van der Waals surface area contributed by atoms with E-state index >= 15 is 0 Å². The second-order valence-electron chi connectivity index (χ2n) is 5.51. The molecule has 1 aromatic carbocycles. The fourth-order valence-corrected chi connectivity index (χ4v) is 3.85. The lowest BCUT2D eigenvalue weighted by Gasteiger charge is -2.24. The third-order valence-corrected chi connectivity index (χ3v) is 5.64. The molecular formula is C17H19NO7S. The molecule has 1 aliphatic rings. The standard InChI is InChI=1S/C17H19NO7S/c1-22-17(19)14-4-2-3-5-15(14)24-12-13-6-7-16(25-13)26(20,21)18-8-10-23-11-9-18/h2-7H,8-12H2,1H3. The lowest BCUT2D eigenvalue weighted by Crippen LogP contribution is -2.40. The molecule has 0 aliphatic carbocycles. The van der Waals surface area contributed by atoms with Crippen LogP contribution in [0.25, 0.3) is 0 Å². The molecule has 2 aromatic rings. The number of ether oxygens (including phenoxy) is 3. The van der Waals surface area contributed by atoms with Crippen LogP contribution in [0.5, 0.6) is 5.75 Å². The minimum atomic E-state index is -3.69. The van der Waals surface area contributed by atoms with E-state index in [0.29, 0.717) is 37.8 Å². The minimum absolute atomic E-state index is 0.0212. The smallest absolute Gasteiger partial charge is 0.341 e. The molecular weight excluding hydrogens is 362 g/mol. The summed E-state index contributed by atoms with van der Waals surface area (Å²) in [6, 6.07) is 9.55. The largest absolute Gasteiger partial charge is 0.485 e. The highest BCUT2D eigenvalue weighted by molar-refractivity contribution is 7.89. The summed E-state index contributed by atoms with van der Waals surface area (Å²) in [5, 5.41) is -0.140. The molecule has 1 fully saturated rings. The topological polar surface area (TPSA) is 95.3 Å². The zero-order chi connectivity index (χ0) is 18.6. The number of nitrogens with zero attached hydrogens (tertiary/aromatic N) is 1. The van der Waals surface area contributed by atoms with Gasteiger partial charge in [0.15, 0.2) is 0 Å². The number of methoxy groups -OCH3 is 1. The van der Waals surface area contributed by atoms with Crippen molar-refractivity contribution in [1.29, 1.82) is 0 Å². The predicted octanol–water partition coefficient (Wildman–Crippen LogP) is 1.67. The van der Waals surface area contributed by atoms with Crippen molar-refractivity contribution in [2.45, 2.75) is 11.7 Å². The van der Waals surface area contributed by atoms with E-state index < -0.39 is 16.0 Å². The molecule has 26 heavy (non-hydrogen) atoms. The molecule has 0 radical (unpaired) electrons. The van der Waals surface area contributed by atoms with Gasteiger partial charge in [-0.2, -0.15) is 4.31 Å². The Morgan fingerprint density at radius 2 is 1.88 bits per heavy atom. The number of carbonyl (C=O) groups excluding carboxylic acids is 1. The summed E-state index contributed by atoms with van der Waals surface area (Å²) in [4.78, 5) is 11.7. The van der Waals surface area contributed by atoms with Gasteiger partial charge in [-0.15, -0.1) is 0 Å². The van der Waals surface area contributed by atoms with Crippen molar-refractivity contribution < 1.29 is 31.8 Å². The van der Waals surface area contributed by atoms with E-state index in [1.807, 2.05) is 0 Å². The van der Waals surface area contributed by atoms with Crippen LogP contribution >= 0.6 is 0 Å². The van der Waals surface area contributed by atoms with E-state index in [4.69, 9.17) is 18.6 Å². The number of furan rings is 1. The summed E-state index contributed by atoms with van der Waals surface area (Å²) in [6.45, 7) is 1.29. The van der Waals surface area contributed by atoms with E-state index in [9.17, 15) is 13.2 Å². The van der Waals surface area contributed by atoms with Gasteiger partial charge in [0.2, 0.25) is 5.09 Å². The number of rotatable bonds is 6. The van der Waals surface area contributed by atoms with Gasteiger partial charge >= 0.3 is 5.97 Å². The molecule has 0 saturated carbocycles. The van der Waals surface area contributed by atoms with Gasteiger partial charge in [0.1, 0.15) is 23.7 Å². The number of para-hydroxylation sites is 1. The average Bonchev–Trinajstić information content (AvgIpc) is 3.16. The number of esters is 1. The van der Waals surface area contributed by atoms with E-state index in [0.717, 1.165) is 0 Å². The van der Waals surface area contributed by atoms with Crippen LogP contribution in [0.15, 0.2) is 45.9 Å². The Hall–Kier alpha value is -2.36. The monoisotopic (exact) mass is 381 g/mol. The molecule has 0 spiro atoms. The molecule has 0 N–H and O–H groups in total. The normalized spacial score (nSPS) is 15.6. The first-order valence-corrected chi connectivity index (χ1v) is 9.43. The second kappa shape index (κ2) is 7.90. The maximum Gasteiger partial charge on any atom is 0.341 e. The quantitative estimate of drug-likeness (QED) is 0.702. The average molecular weight is 381 g/mol. The summed E-state index contributed by atoms with van der Waals surface area (Å²) >= 11 is 0. The van der Waals surface area contributed by atoms with Crippen molar-refractivity contribution in [3.05, 3.63) is 47.7 Å².